The topological polar surface area (TPSA) is 49.0 Å². The molecule has 0 aromatic rings. The summed E-state index contributed by atoms with van der Waals surface area (Å²) in [5.74, 6) is 1.94. The Kier molecular flexibility index (Phi) is 16.5. The predicted molar refractivity (Wildman–Crippen MR) is 95.0 cm³/mol. The summed E-state index contributed by atoms with van der Waals surface area (Å²) in [5.41, 5.74) is 0. The zero-order chi connectivity index (χ0) is 17.3. The van der Waals surface area contributed by atoms with Crippen LogP contribution in [0, 0.1) is 17.8 Å². The van der Waals surface area contributed by atoms with Gasteiger partial charge in [-0.25, -0.2) is 0 Å². The Morgan fingerprint density at radius 3 is 1.61 bits per heavy atom. The average Bonchev–Trinajstić information content (AvgIpc) is 2.50. The van der Waals surface area contributed by atoms with E-state index in [9.17, 15) is 0 Å². The third-order valence-corrected chi connectivity index (χ3v) is 3.61. The summed E-state index contributed by atoms with van der Waals surface area (Å²) in [5, 5.41) is 3.34. The van der Waals surface area contributed by atoms with Crippen molar-refractivity contribution in [3.8, 4) is 0 Å². The fraction of sp³-hybridized carbons (Fsp3) is 1.00. The number of hydrogen-bond donors (Lipinski definition) is 1. The first-order valence-corrected chi connectivity index (χ1v) is 9.05. The lowest BCUT2D eigenvalue weighted by atomic mass is 9.99. The van der Waals surface area contributed by atoms with E-state index in [0.29, 0.717) is 57.4 Å². The SMILES string of the molecule is CC(C)CNCCOCCOCCOCCOCC(C)C(C)C. The van der Waals surface area contributed by atoms with Crippen molar-refractivity contribution in [3.05, 3.63) is 0 Å². The fourth-order valence-corrected chi connectivity index (χ4v) is 1.66. The van der Waals surface area contributed by atoms with Gasteiger partial charge in [0.1, 0.15) is 0 Å². The van der Waals surface area contributed by atoms with E-state index in [2.05, 4.69) is 39.9 Å². The smallest absolute Gasteiger partial charge is 0.0701 e. The first kappa shape index (κ1) is 22.8. The summed E-state index contributed by atoms with van der Waals surface area (Å²) in [4.78, 5) is 0. The van der Waals surface area contributed by atoms with Crippen molar-refractivity contribution in [1.82, 2.24) is 5.32 Å². The second-order valence-electron chi connectivity index (χ2n) is 6.73. The van der Waals surface area contributed by atoms with Crippen molar-refractivity contribution in [3.63, 3.8) is 0 Å². The van der Waals surface area contributed by atoms with Gasteiger partial charge in [0, 0.05) is 13.2 Å². The molecular formula is C18H39NO4. The molecule has 23 heavy (non-hydrogen) atoms. The van der Waals surface area contributed by atoms with Crippen LogP contribution in [0.5, 0.6) is 0 Å². The molecule has 0 spiro atoms. The van der Waals surface area contributed by atoms with E-state index in [1.165, 1.54) is 0 Å². The van der Waals surface area contributed by atoms with Crippen molar-refractivity contribution < 1.29 is 18.9 Å². The normalized spacial score (nSPS) is 13.2. The van der Waals surface area contributed by atoms with E-state index >= 15 is 0 Å². The summed E-state index contributed by atoms with van der Waals surface area (Å²) in [6, 6.07) is 0. The second kappa shape index (κ2) is 16.7. The lowest BCUT2D eigenvalue weighted by Gasteiger charge is -2.15. The van der Waals surface area contributed by atoms with Gasteiger partial charge in [-0.3, -0.25) is 0 Å². The standard InChI is InChI=1S/C18H39NO4/c1-16(2)14-19-6-7-20-8-9-21-10-11-22-12-13-23-15-18(5)17(3)4/h16-19H,6-15H2,1-5H3. The third-order valence-electron chi connectivity index (χ3n) is 3.61. The van der Waals surface area contributed by atoms with E-state index in [1.54, 1.807) is 0 Å². The zero-order valence-electron chi connectivity index (χ0n) is 15.9. The molecule has 0 aliphatic carbocycles. The Bertz CT molecular complexity index is 237. The molecule has 1 unspecified atom stereocenters. The molecule has 0 amide bonds. The third kappa shape index (κ3) is 18.0. The van der Waals surface area contributed by atoms with Gasteiger partial charge in [-0.15, -0.1) is 0 Å². The molecule has 140 valence electrons. The van der Waals surface area contributed by atoms with E-state index < -0.39 is 0 Å². The summed E-state index contributed by atoms with van der Waals surface area (Å²) < 4.78 is 21.9. The maximum Gasteiger partial charge on any atom is 0.0701 e. The van der Waals surface area contributed by atoms with Gasteiger partial charge in [0.15, 0.2) is 0 Å². The minimum Gasteiger partial charge on any atom is -0.379 e. The van der Waals surface area contributed by atoms with Crippen LogP contribution < -0.4 is 5.32 Å². The summed E-state index contributed by atoms with van der Waals surface area (Å²) in [7, 11) is 0. The number of ether oxygens (including phenoxy) is 4. The molecule has 0 aliphatic heterocycles. The maximum absolute atomic E-state index is 5.57. The second-order valence-corrected chi connectivity index (χ2v) is 6.73. The van der Waals surface area contributed by atoms with Crippen LogP contribution in [-0.2, 0) is 18.9 Å². The van der Waals surface area contributed by atoms with Crippen LogP contribution >= 0.6 is 0 Å². The highest BCUT2D eigenvalue weighted by atomic mass is 16.6. The van der Waals surface area contributed by atoms with E-state index in [0.717, 1.165) is 26.3 Å². The Hall–Kier alpha value is -0.200. The van der Waals surface area contributed by atoms with Gasteiger partial charge >= 0.3 is 0 Å². The molecule has 0 aromatic heterocycles. The Labute approximate surface area is 143 Å². The van der Waals surface area contributed by atoms with E-state index in [-0.39, 0.29) is 0 Å². The van der Waals surface area contributed by atoms with Crippen molar-refractivity contribution in [2.75, 3.05) is 65.9 Å². The molecule has 0 aromatic carbocycles. The Morgan fingerprint density at radius 1 is 0.652 bits per heavy atom. The number of rotatable bonds is 17. The van der Waals surface area contributed by atoms with Crippen molar-refractivity contribution in [2.45, 2.75) is 34.6 Å². The summed E-state index contributed by atoms with van der Waals surface area (Å²) in [6.07, 6.45) is 0. The average molecular weight is 334 g/mol. The lowest BCUT2D eigenvalue weighted by molar-refractivity contribution is -0.00681. The highest BCUT2D eigenvalue weighted by Crippen LogP contribution is 2.09. The quantitative estimate of drug-likeness (QED) is 0.415. The molecule has 1 atom stereocenters. The Balaban J connectivity index is 3.05. The monoisotopic (exact) mass is 333 g/mol. The van der Waals surface area contributed by atoms with Gasteiger partial charge in [-0.2, -0.15) is 0 Å². The van der Waals surface area contributed by atoms with Gasteiger partial charge in [0.05, 0.1) is 46.2 Å². The minimum atomic E-state index is 0.596. The highest BCUT2D eigenvalue weighted by molar-refractivity contribution is 4.54. The van der Waals surface area contributed by atoms with Crippen LogP contribution in [0.2, 0.25) is 0 Å². The zero-order valence-corrected chi connectivity index (χ0v) is 15.9. The van der Waals surface area contributed by atoms with Crippen LogP contribution in [0.3, 0.4) is 0 Å². The first-order valence-electron chi connectivity index (χ1n) is 9.05. The van der Waals surface area contributed by atoms with E-state index in [1.807, 2.05) is 0 Å². The van der Waals surface area contributed by atoms with Crippen LogP contribution in [0.1, 0.15) is 34.6 Å². The molecule has 5 heteroatoms. The van der Waals surface area contributed by atoms with Crippen molar-refractivity contribution >= 4 is 0 Å². The number of hydrogen-bond acceptors (Lipinski definition) is 5. The van der Waals surface area contributed by atoms with Crippen LogP contribution in [-0.4, -0.2) is 65.9 Å². The van der Waals surface area contributed by atoms with Gasteiger partial charge in [-0.1, -0.05) is 34.6 Å². The van der Waals surface area contributed by atoms with E-state index in [4.69, 9.17) is 18.9 Å². The number of nitrogens with one attached hydrogen (secondary N) is 1. The van der Waals surface area contributed by atoms with Gasteiger partial charge in [0.25, 0.3) is 0 Å². The summed E-state index contributed by atoms with van der Waals surface area (Å²) in [6.45, 7) is 18.3. The molecule has 0 heterocycles. The highest BCUT2D eigenvalue weighted by Gasteiger charge is 2.06. The molecule has 1 N–H and O–H groups in total. The molecule has 0 saturated carbocycles. The molecule has 0 aliphatic rings. The molecule has 0 bridgehead atoms. The van der Waals surface area contributed by atoms with Gasteiger partial charge in [0.2, 0.25) is 0 Å². The predicted octanol–water partition coefficient (Wildman–Crippen LogP) is 2.59. The van der Waals surface area contributed by atoms with Crippen LogP contribution in [0.15, 0.2) is 0 Å². The van der Waals surface area contributed by atoms with Gasteiger partial charge in [-0.05, 0) is 24.3 Å². The molecular weight excluding hydrogens is 294 g/mol. The summed E-state index contributed by atoms with van der Waals surface area (Å²) >= 11 is 0. The fourth-order valence-electron chi connectivity index (χ4n) is 1.66. The lowest BCUT2D eigenvalue weighted by Crippen LogP contribution is -2.24. The molecule has 0 fully saturated rings. The molecule has 0 radical (unpaired) electrons. The molecule has 0 saturated heterocycles. The van der Waals surface area contributed by atoms with Crippen molar-refractivity contribution in [2.24, 2.45) is 17.8 Å². The van der Waals surface area contributed by atoms with Crippen LogP contribution in [0.4, 0.5) is 0 Å². The molecule has 5 nitrogen and oxygen atoms in total. The van der Waals surface area contributed by atoms with Crippen LogP contribution in [0.25, 0.3) is 0 Å². The Morgan fingerprint density at radius 2 is 1.13 bits per heavy atom. The first-order chi connectivity index (χ1) is 11.0. The van der Waals surface area contributed by atoms with Gasteiger partial charge < -0.3 is 24.3 Å². The largest absolute Gasteiger partial charge is 0.379 e. The maximum atomic E-state index is 5.57. The minimum absolute atomic E-state index is 0.596. The van der Waals surface area contributed by atoms with Crippen molar-refractivity contribution in [1.29, 1.82) is 0 Å². The molecule has 0 rings (SSSR count).